The van der Waals surface area contributed by atoms with Crippen LogP contribution in [0.15, 0.2) is 27.6 Å². The molecule has 0 aliphatic carbocycles. The number of hydrogen-bond donors (Lipinski definition) is 0. The molecule has 7 heteroatoms. The van der Waals surface area contributed by atoms with E-state index in [1.807, 2.05) is 0 Å². The normalized spacial score (nSPS) is 10.7. The lowest BCUT2D eigenvalue weighted by Crippen LogP contribution is -1.99. The molecule has 0 radical (unpaired) electrons. The molecule has 0 amide bonds. The quantitative estimate of drug-likeness (QED) is 0.430. The zero-order valence-corrected chi connectivity index (χ0v) is 7.99. The highest BCUT2D eigenvalue weighted by molar-refractivity contribution is 7.90. The van der Waals surface area contributed by atoms with Crippen LogP contribution in [0.25, 0.3) is 10.4 Å². The molecule has 0 spiro atoms. The van der Waals surface area contributed by atoms with Gasteiger partial charge in [-0.1, -0.05) is 6.07 Å². The van der Waals surface area contributed by atoms with Gasteiger partial charge < -0.3 is 0 Å². The zero-order valence-electron chi connectivity index (χ0n) is 7.18. The third kappa shape index (κ3) is 2.01. The topological polar surface area (TPSA) is 82.9 Å². The smallest absolute Gasteiger partial charge is 0.216 e. The molecule has 0 saturated carbocycles. The monoisotopic (exact) mass is 215 g/mol. The summed E-state index contributed by atoms with van der Waals surface area (Å²) in [4.78, 5) is 1.52. The number of benzene rings is 1. The van der Waals surface area contributed by atoms with Crippen molar-refractivity contribution in [3.05, 3.63) is 40.0 Å². The minimum absolute atomic E-state index is 0.568. The number of azide groups is 1. The number of nitrogens with zero attached hydrogens (tertiary/aromatic N) is 3. The van der Waals surface area contributed by atoms with Crippen molar-refractivity contribution in [3.8, 4) is 0 Å². The van der Waals surface area contributed by atoms with Crippen molar-refractivity contribution in [3.63, 3.8) is 0 Å². The molecule has 14 heavy (non-hydrogen) atoms. The Kier molecular flexibility index (Phi) is 2.73. The second kappa shape index (κ2) is 3.65. The molecule has 0 aromatic heterocycles. The molecule has 1 aromatic rings. The van der Waals surface area contributed by atoms with E-state index < -0.39 is 20.7 Å². The second-order valence-electron chi connectivity index (χ2n) is 2.58. The molecule has 0 fully saturated rings. The van der Waals surface area contributed by atoms with E-state index in [1.165, 1.54) is 6.07 Å². The van der Waals surface area contributed by atoms with E-state index in [0.29, 0.717) is 5.56 Å². The van der Waals surface area contributed by atoms with Crippen LogP contribution in [0.4, 0.5) is 4.39 Å². The Bertz CT molecular complexity index is 506. The largest absolute Gasteiger partial charge is 0.267 e. The van der Waals surface area contributed by atoms with E-state index in [0.717, 1.165) is 12.1 Å². The molecule has 0 atom stereocenters. The highest BCUT2D eigenvalue weighted by Gasteiger charge is 2.17. The van der Waals surface area contributed by atoms with Crippen LogP contribution in [0.1, 0.15) is 5.56 Å². The molecule has 5 nitrogen and oxygen atoms in total. The number of rotatable bonds is 2. The van der Waals surface area contributed by atoms with E-state index in [4.69, 9.17) is 5.53 Å². The first kappa shape index (κ1) is 10.5. The fraction of sp³-hybridized carbons (Fsp3) is 0.143. The minimum atomic E-state index is -4.23. The molecular weight excluding hydrogens is 209 g/mol. The van der Waals surface area contributed by atoms with Crippen LogP contribution in [0.3, 0.4) is 0 Å². The Labute approximate surface area is 79.9 Å². The van der Waals surface area contributed by atoms with Gasteiger partial charge in [-0.25, -0.2) is 12.8 Å². The summed E-state index contributed by atoms with van der Waals surface area (Å²) < 4.78 is 37.9. The van der Waals surface area contributed by atoms with Gasteiger partial charge in [0.1, 0.15) is 10.7 Å². The van der Waals surface area contributed by atoms with Gasteiger partial charge in [0.25, 0.3) is 10.0 Å². The summed E-state index contributed by atoms with van der Waals surface area (Å²) in [5, 5.41) is 0. The highest BCUT2D eigenvalue weighted by atomic mass is 32.2. The van der Waals surface area contributed by atoms with Gasteiger partial charge in [-0.3, -0.25) is 0 Å². The van der Waals surface area contributed by atoms with Crippen LogP contribution in [0, 0.1) is 12.7 Å². The first-order chi connectivity index (χ1) is 6.47. The molecule has 1 rings (SSSR count). The molecule has 0 N–H and O–H groups in total. The molecule has 0 aliphatic rings. The lowest BCUT2D eigenvalue weighted by Gasteiger charge is -2.00. The predicted octanol–water partition coefficient (Wildman–Crippen LogP) is 2.13. The SMILES string of the molecule is Cc1ccc(F)c(S(=O)(=O)N=[N+]=[N-])c1. The van der Waals surface area contributed by atoms with Crippen molar-refractivity contribution < 1.29 is 12.8 Å². The highest BCUT2D eigenvalue weighted by Crippen LogP contribution is 2.18. The van der Waals surface area contributed by atoms with E-state index in [9.17, 15) is 12.8 Å². The molecule has 1 aromatic carbocycles. The Balaban J connectivity index is 3.46. The van der Waals surface area contributed by atoms with Crippen LogP contribution in [-0.2, 0) is 10.0 Å². The van der Waals surface area contributed by atoms with Crippen molar-refractivity contribution >= 4 is 10.0 Å². The van der Waals surface area contributed by atoms with Crippen molar-refractivity contribution in [1.29, 1.82) is 0 Å². The Hall–Kier alpha value is -1.59. The number of aryl methyl sites for hydroxylation is 1. The van der Waals surface area contributed by atoms with Gasteiger partial charge in [0, 0.05) is 9.43 Å². The Morgan fingerprint density at radius 3 is 2.71 bits per heavy atom. The average Bonchev–Trinajstić information content (AvgIpc) is 2.09. The maximum atomic E-state index is 13.0. The maximum Gasteiger partial charge on any atom is 0.267 e. The molecule has 0 aliphatic heterocycles. The van der Waals surface area contributed by atoms with Gasteiger partial charge in [-0.15, -0.1) is 0 Å². The van der Waals surface area contributed by atoms with Gasteiger partial charge in [0.05, 0.1) is 0 Å². The predicted molar refractivity (Wildman–Crippen MR) is 47.5 cm³/mol. The van der Waals surface area contributed by atoms with E-state index >= 15 is 0 Å². The summed E-state index contributed by atoms with van der Waals surface area (Å²) in [6.45, 7) is 1.61. The lowest BCUT2D eigenvalue weighted by molar-refractivity contribution is 0.567. The van der Waals surface area contributed by atoms with E-state index in [2.05, 4.69) is 9.43 Å². The van der Waals surface area contributed by atoms with Gasteiger partial charge in [-0.05, 0) is 30.2 Å². The minimum Gasteiger partial charge on any atom is -0.216 e. The lowest BCUT2D eigenvalue weighted by atomic mass is 10.2. The summed E-state index contributed by atoms with van der Waals surface area (Å²) in [5.41, 5.74) is 8.55. The summed E-state index contributed by atoms with van der Waals surface area (Å²) in [5.74, 6) is -0.928. The van der Waals surface area contributed by atoms with Crippen molar-refractivity contribution in [2.75, 3.05) is 0 Å². The molecule has 74 valence electrons. The number of sulfonamides is 1. The maximum absolute atomic E-state index is 13.0. The first-order valence-electron chi connectivity index (χ1n) is 3.55. The molecule has 0 bridgehead atoms. The molecule has 0 unspecified atom stereocenters. The third-order valence-corrected chi connectivity index (χ3v) is 2.67. The summed E-state index contributed by atoms with van der Waals surface area (Å²) >= 11 is 0. The van der Waals surface area contributed by atoms with Crippen molar-refractivity contribution in [2.24, 2.45) is 4.52 Å². The summed E-state index contributed by atoms with van der Waals surface area (Å²) in [6, 6.07) is 3.54. The van der Waals surface area contributed by atoms with Gasteiger partial charge >= 0.3 is 0 Å². The standard InChI is InChI=1S/C7H6FN3O2S/c1-5-2-3-6(8)7(4-5)14(12,13)11-10-9/h2-4H,1H3. The van der Waals surface area contributed by atoms with Crippen LogP contribution >= 0.6 is 0 Å². The molecule has 0 heterocycles. The fourth-order valence-electron chi connectivity index (χ4n) is 0.900. The molecule has 0 saturated heterocycles. The van der Waals surface area contributed by atoms with Crippen LogP contribution in [-0.4, -0.2) is 8.42 Å². The van der Waals surface area contributed by atoms with Crippen LogP contribution in [0.5, 0.6) is 0 Å². The second-order valence-corrected chi connectivity index (χ2v) is 4.13. The average molecular weight is 215 g/mol. The number of hydrogen-bond acceptors (Lipinski definition) is 2. The van der Waals surface area contributed by atoms with E-state index in [1.54, 1.807) is 6.92 Å². The van der Waals surface area contributed by atoms with Crippen LogP contribution in [0.2, 0.25) is 0 Å². The fourth-order valence-corrected chi connectivity index (χ4v) is 1.73. The Morgan fingerprint density at radius 1 is 1.50 bits per heavy atom. The van der Waals surface area contributed by atoms with E-state index in [-0.39, 0.29) is 0 Å². The third-order valence-electron chi connectivity index (χ3n) is 1.51. The van der Waals surface area contributed by atoms with Gasteiger partial charge in [-0.2, -0.15) is 0 Å². The first-order valence-corrected chi connectivity index (χ1v) is 4.99. The number of halogens is 1. The van der Waals surface area contributed by atoms with Gasteiger partial charge in [0.15, 0.2) is 0 Å². The van der Waals surface area contributed by atoms with Crippen molar-refractivity contribution in [2.45, 2.75) is 11.8 Å². The Morgan fingerprint density at radius 2 is 2.14 bits per heavy atom. The zero-order chi connectivity index (χ0) is 10.8. The molecular formula is C7H6FN3O2S. The van der Waals surface area contributed by atoms with Gasteiger partial charge in [0.2, 0.25) is 0 Å². The van der Waals surface area contributed by atoms with Crippen LogP contribution < -0.4 is 0 Å². The van der Waals surface area contributed by atoms with Crippen molar-refractivity contribution in [1.82, 2.24) is 0 Å². The summed E-state index contributed by atoms with van der Waals surface area (Å²) in [7, 11) is -4.23. The summed E-state index contributed by atoms with van der Waals surface area (Å²) in [6.07, 6.45) is 0.